The summed E-state index contributed by atoms with van der Waals surface area (Å²) in [6.07, 6.45) is 3.54. The summed E-state index contributed by atoms with van der Waals surface area (Å²) >= 11 is 0. The number of pyridine rings is 1. The number of anilines is 3. The molecule has 0 atom stereocenters. The van der Waals surface area contributed by atoms with Crippen molar-refractivity contribution in [3.8, 4) is 0 Å². The van der Waals surface area contributed by atoms with E-state index in [2.05, 4.69) is 9.88 Å². The number of nitrogens with two attached hydrogens (primary N) is 2. The van der Waals surface area contributed by atoms with Crippen LogP contribution in [0.2, 0.25) is 0 Å². The van der Waals surface area contributed by atoms with E-state index in [1.807, 2.05) is 19.9 Å². The second-order valence-corrected chi connectivity index (χ2v) is 5.59. The zero-order valence-electron chi connectivity index (χ0n) is 11.1. The first-order valence-corrected chi connectivity index (χ1v) is 6.36. The second kappa shape index (κ2) is 4.65. The van der Waals surface area contributed by atoms with Crippen LogP contribution in [-0.4, -0.2) is 28.8 Å². The molecule has 2 heterocycles. The molecule has 2 rings (SSSR count). The van der Waals surface area contributed by atoms with Gasteiger partial charge in [-0.05, 0) is 32.6 Å². The normalized spacial score (nSPS) is 18.1. The molecule has 0 aromatic carbocycles. The van der Waals surface area contributed by atoms with Gasteiger partial charge in [-0.1, -0.05) is 0 Å². The van der Waals surface area contributed by atoms with Crippen molar-refractivity contribution in [1.82, 2.24) is 4.98 Å². The fourth-order valence-electron chi connectivity index (χ4n) is 2.46. The van der Waals surface area contributed by atoms with Gasteiger partial charge in [-0.2, -0.15) is 0 Å². The molecule has 0 unspecified atom stereocenters. The van der Waals surface area contributed by atoms with E-state index in [9.17, 15) is 5.11 Å². The van der Waals surface area contributed by atoms with Crippen LogP contribution in [0.5, 0.6) is 0 Å². The first-order valence-electron chi connectivity index (χ1n) is 6.36. The zero-order valence-corrected chi connectivity index (χ0v) is 11.1. The van der Waals surface area contributed by atoms with E-state index in [0.29, 0.717) is 17.3 Å². The van der Waals surface area contributed by atoms with Crippen LogP contribution in [0.1, 0.15) is 26.7 Å². The molecule has 100 valence electrons. The number of hydrogen-bond donors (Lipinski definition) is 3. The molecule has 0 bridgehead atoms. The Morgan fingerprint density at radius 2 is 1.89 bits per heavy atom. The summed E-state index contributed by atoms with van der Waals surface area (Å²) in [5.74, 6) is 1.22. The Morgan fingerprint density at radius 3 is 2.39 bits per heavy atom. The topological polar surface area (TPSA) is 88.4 Å². The molecule has 5 N–H and O–H groups in total. The molecule has 1 saturated heterocycles. The van der Waals surface area contributed by atoms with Gasteiger partial charge in [0.1, 0.15) is 5.82 Å². The zero-order chi connectivity index (χ0) is 13.3. The van der Waals surface area contributed by atoms with Gasteiger partial charge in [0.15, 0.2) is 0 Å². The van der Waals surface area contributed by atoms with Gasteiger partial charge < -0.3 is 21.5 Å². The van der Waals surface area contributed by atoms with E-state index < -0.39 is 5.60 Å². The van der Waals surface area contributed by atoms with Gasteiger partial charge in [-0.15, -0.1) is 0 Å². The standard InChI is InChI=1S/C13H22N4O/c1-13(2,18)9-3-5-17(6-4-9)12-7-10(14)11(15)8-16-12/h7-9,18H,3-6,15H2,1-2H3,(H2,14,16). The number of nitrogen functional groups attached to an aromatic ring is 2. The lowest BCUT2D eigenvalue weighted by Crippen LogP contribution is -2.42. The summed E-state index contributed by atoms with van der Waals surface area (Å²) in [6, 6.07) is 1.82. The molecule has 0 amide bonds. The number of rotatable bonds is 2. The minimum absolute atomic E-state index is 0.347. The summed E-state index contributed by atoms with van der Waals surface area (Å²) in [6.45, 7) is 5.55. The Morgan fingerprint density at radius 1 is 1.28 bits per heavy atom. The number of aromatic nitrogens is 1. The molecular formula is C13H22N4O. The summed E-state index contributed by atoms with van der Waals surface area (Å²) in [5, 5.41) is 10.0. The highest BCUT2D eigenvalue weighted by atomic mass is 16.3. The lowest BCUT2D eigenvalue weighted by Gasteiger charge is -2.38. The van der Waals surface area contributed by atoms with Gasteiger partial charge in [-0.25, -0.2) is 4.98 Å². The van der Waals surface area contributed by atoms with Crippen LogP contribution in [0.15, 0.2) is 12.3 Å². The van der Waals surface area contributed by atoms with Crippen LogP contribution in [-0.2, 0) is 0 Å². The number of nitrogens with zero attached hydrogens (tertiary/aromatic N) is 2. The van der Waals surface area contributed by atoms with Crippen molar-refractivity contribution in [3.63, 3.8) is 0 Å². The van der Waals surface area contributed by atoms with Gasteiger partial charge in [-0.3, -0.25) is 0 Å². The Balaban J connectivity index is 2.03. The van der Waals surface area contributed by atoms with Crippen molar-refractivity contribution in [2.75, 3.05) is 29.5 Å². The van der Waals surface area contributed by atoms with Gasteiger partial charge in [0, 0.05) is 19.2 Å². The highest BCUT2D eigenvalue weighted by Crippen LogP contribution is 2.30. The van der Waals surface area contributed by atoms with E-state index in [1.54, 1.807) is 6.20 Å². The number of hydrogen-bond acceptors (Lipinski definition) is 5. The molecule has 0 aliphatic carbocycles. The molecule has 0 radical (unpaired) electrons. The van der Waals surface area contributed by atoms with Crippen molar-refractivity contribution < 1.29 is 5.11 Å². The molecule has 5 heteroatoms. The Hall–Kier alpha value is -1.49. The smallest absolute Gasteiger partial charge is 0.130 e. The van der Waals surface area contributed by atoms with E-state index in [0.717, 1.165) is 31.7 Å². The average molecular weight is 250 g/mol. The highest BCUT2D eigenvalue weighted by molar-refractivity contribution is 5.66. The molecule has 1 aromatic heterocycles. The maximum Gasteiger partial charge on any atom is 0.130 e. The van der Waals surface area contributed by atoms with Crippen LogP contribution in [0, 0.1) is 5.92 Å². The molecule has 0 saturated carbocycles. The molecule has 1 aliphatic heterocycles. The molecular weight excluding hydrogens is 228 g/mol. The first-order chi connectivity index (χ1) is 8.38. The third-order valence-corrected chi connectivity index (χ3v) is 3.77. The Kier molecular flexibility index (Phi) is 3.34. The fourth-order valence-corrected chi connectivity index (χ4v) is 2.46. The predicted octanol–water partition coefficient (Wildman–Crippen LogP) is 1.23. The van der Waals surface area contributed by atoms with Crippen LogP contribution in [0.25, 0.3) is 0 Å². The number of aliphatic hydroxyl groups is 1. The van der Waals surface area contributed by atoms with Crippen molar-refractivity contribution in [3.05, 3.63) is 12.3 Å². The maximum atomic E-state index is 10.0. The van der Waals surface area contributed by atoms with Gasteiger partial charge >= 0.3 is 0 Å². The summed E-state index contributed by atoms with van der Waals surface area (Å²) in [5.41, 5.74) is 11.9. The quantitative estimate of drug-likeness (QED) is 0.734. The lowest BCUT2D eigenvalue weighted by molar-refractivity contribution is 0.00646. The molecule has 18 heavy (non-hydrogen) atoms. The summed E-state index contributed by atoms with van der Waals surface area (Å²) < 4.78 is 0. The first kappa shape index (κ1) is 13.0. The van der Waals surface area contributed by atoms with Gasteiger partial charge in [0.05, 0.1) is 23.2 Å². The van der Waals surface area contributed by atoms with E-state index >= 15 is 0 Å². The van der Waals surface area contributed by atoms with Crippen molar-refractivity contribution in [2.45, 2.75) is 32.3 Å². The fraction of sp³-hybridized carbons (Fsp3) is 0.615. The monoisotopic (exact) mass is 250 g/mol. The van der Waals surface area contributed by atoms with Crippen LogP contribution >= 0.6 is 0 Å². The maximum absolute atomic E-state index is 10.0. The van der Waals surface area contributed by atoms with Crippen LogP contribution in [0.4, 0.5) is 17.2 Å². The Bertz CT molecular complexity index is 419. The van der Waals surface area contributed by atoms with Crippen LogP contribution < -0.4 is 16.4 Å². The van der Waals surface area contributed by atoms with Gasteiger partial charge in [0.2, 0.25) is 0 Å². The van der Waals surface area contributed by atoms with Crippen molar-refractivity contribution in [2.24, 2.45) is 5.92 Å². The Labute approximate surface area is 108 Å². The third-order valence-electron chi connectivity index (χ3n) is 3.77. The minimum atomic E-state index is -0.598. The second-order valence-electron chi connectivity index (χ2n) is 5.59. The van der Waals surface area contributed by atoms with E-state index in [1.165, 1.54) is 0 Å². The SMILES string of the molecule is CC(C)(O)C1CCN(c2cc(N)c(N)cn2)CC1. The largest absolute Gasteiger partial charge is 0.397 e. The van der Waals surface area contributed by atoms with E-state index in [4.69, 9.17) is 11.5 Å². The third kappa shape index (κ3) is 2.67. The molecule has 0 spiro atoms. The molecule has 1 aliphatic rings. The van der Waals surface area contributed by atoms with Gasteiger partial charge in [0.25, 0.3) is 0 Å². The van der Waals surface area contributed by atoms with Crippen molar-refractivity contribution >= 4 is 17.2 Å². The molecule has 5 nitrogen and oxygen atoms in total. The predicted molar refractivity (Wildman–Crippen MR) is 74.3 cm³/mol. The lowest BCUT2D eigenvalue weighted by atomic mass is 9.83. The molecule has 1 fully saturated rings. The summed E-state index contributed by atoms with van der Waals surface area (Å²) in [7, 11) is 0. The average Bonchev–Trinajstić information content (AvgIpc) is 2.32. The summed E-state index contributed by atoms with van der Waals surface area (Å²) in [4.78, 5) is 6.50. The molecule has 1 aromatic rings. The van der Waals surface area contributed by atoms with Crippen molar-refractivity contribution in [1.29, 1.82) is 0 Å². The number of piperidine rings is 1. The van der Waals surface area contributed by atoms with E-state index in [-0.39, 0.29) is 0 Å². The highest BCUT2D eigenvalue weighted by Gasteiger charge is 2.30. The van der Waals surface area contributed by atoms with Crippen LogP contribution in [0.3, 0.4) is 0 Å². The minimum Gasteiger partial charge on any atom is -0.397 e.